The minimum Gasteiger partial charge on any atom is -0.311 e. The van der Waals surface area contributed by atoms with Crippen LogP contribution in [0, 0.1) is 25.2 Å². The van der Waals surface area contributed by atoms with E-state index in [0.717, 1.165) is 22.8 Å². The molecule has 0 saturated carbocycles. The number of hydrogen-bond acceptors (Lipinski definition) is 3. The lowest BCUT2D eigenvalue weighted by molar-refractivity contribution is -0.117. The van der Waals surface area contributed by atoms with Crippen molar-refractivity contribution < 1.29 is 4.79 Å². The lowest BCUT2D eigenvalue weighted by Gasteiger charge is -2.17. The molecule has 0 N–H and O–H groups in total. The summed E-state index contributed by atoms with van der Waals surface area (Å²) in [6, 6.07) is 9.66. The van der Waals surface area contributed by atoms with Gasteiger partial charge in [0.2, 0.25) is 5.91 Å². The number of anilines is 1. The zero-order chi connectivity index (χ0) is 14.8. The molecule has 1 unspecified atom stereocenters. The van der Waals surface area contributed by atoms with E-state index >= 15 is 0 Å². The van der Waals surface area contributed by atoms with Crippen LogP contribution in [0.25, 0.3) is 11.3 Å². The Labute approximate surface area is 123 Å². The Bertz CT molecular complexity index is 733. The van der Waals surface area contributed by atoms with Crippen molar-refractivity contribution in [2.24, 2.45) is 5.92 Å². The molecule has 104 valence electrons. The lowest BCUT2D eigenvalue weighted by atomic mass is 10.1. The molecule has 21 heavy (non-hydrogen) atoms. The molecule has 1 aliphatic heterocycles. The van der Waals surface area contributed by atoms with Crippen LogP contribution in [0.5, 0.6) is 0 Å². The Morgan fingerprint density at radius 3 is 2.95 bits per heavy atom. The summed E-state index contributed by atoms with van der Waals surface area (Å²) in [5.41, 5.74) is 2.69. The van der Waals surface area contributed by atoms with Gasteiger partial charge in [0.25, 0.3) is 0 Å². The molecule has 4 nitrogen and oxygen atoms in total. The molecular formula is C17H15N3O. The predicted molar refractivity (Wildman–Crippen MR) is 81.5 cm³/mol. The second-order valence-electron chi connectivity index (χ2n) is 5.11. The van der Waals surface area contributed by atoms with E-state index in [9.17, 15) is 4.79 Å². The minimum absolute atomic E-state index is 0.00227. The van der Waals surface area contributed by atoms with Gasteiger partial charge in [-0.2, -0.15) is 0 Å². The van der Waals surface area contributed by atoms with Crippen LogP contribution in [0.4, 0.5) is 5.69 Å². The summed E-state index contributed by atoms with van der Waals surface area (Å²) in [7, 11) is 0. The molecule has 1 fully saturated rings. The molecule has 0 bridgehead atoms. The largest absolute Gasteiger partial charge is 0.311 e. The van der Waals surface area contributed by atoms with Crippen molar-refractivity contribution in [3.8, 4) is 23.6 Å². The summed E-state index contributed by atoms with van der Waals surface area (Å²) in [5, 5.41) is 0. The van der Waals surface area contributed by atoms with E-state index in [1.54, 1.807) is 11.1 Å². The molecular weight excluding hydrogens is 262 g/mol. The van der Waals surface area contributed by atoms with Crippen LogP contribution >= 0.6 is 0 Å². The zero-order valence-corrected chi connectivity index (χ0v) is 11.8. The van der Waals surface area contributed by atoms with Gasteiger partial charge in [-0.1, -0.05) is 12.1 Å². The maximum Gasteiger partial charge on any atom is 0.228 e. The van der Waals surface area contributed by atoms with Gasteiger partial charge in [0.05, 0.1) is 5.69 Å². The highest BCUT2D eigenvalue weighted by molar-refractivity contribution is 5.96. The number of carbonyl (C=O) groups excluding carboxylic acids is 1. The average molecular weight is 277 g/mol. The van der Waals surface area contributed by atoms with E-state index in [1.165, 1.54) is 0 Å². The molecule has 1 amide bonds. The Hall–Kier alpha value is -2.67. The van der Waals surface area contributed by atoms with Gasteiger partial charge in [0.1, 0.15) is 5.82 Å². The van der Waals surface area contributed by atoms with E-state index in [0.29, 0.717) is 13.0 Å². The Balaban J connectivity index is 1.94. The fraction of sp³-hybridized carbons (Fsp3) is 0.235. The van der Waals surface area contributed by atoms with Crippen molar-refractivity contribution in [3.05, 3.63) is 42.4 Å². The van der Waals surface area contributed by atoms with Gasteiger partial charge in [-0.25, -0.2) is 9.97 Å². The van der Waals surface area contributed by atoms with Gasteiger partial charge >= 0.3 is 0 Å². The average Bonchev–Trinajstić information content (AvgIpc) is 2.89. The quantitative estimate of drug-likeness (QED) is 0.792. The van der Waals surface area contributed by atoms with Crippen molar-refractivity contribution in [3.63, 3.8) is 0 Å². The fourth-order valence-corrected chi connectivity index (χ4v) is 2.52. The molecule has 3 rings (SSSR count). The fourth-order valence-electron chi connectivity index (χ4n) is 2.52. The highest BCUT2D eigenvalue weighted by Crippen LogP contribution is 2.28. The summed E-state index contributed by atoms with van der Waals surface area (Å²) >= 11 is 0. The second-order valence-corrected chi connectivity index (χ2v) is 5.11. The zero-order valence-electron chi connectivity index (χ0n) is 11.8. The van der Waals surface area contributed by atoms with Crippen LogP contribution < -0.4 is 4.90 Å². The molecule has 1 aliphatic rings. The third-order valence-electron chi connectivity index (χ3n) is 3.59. The van der Waals surface area contributed by atoms with Crippen LogP contribution in [0.3, 0.4) is 0 Å². The third-order valence-corrected chi connectivity index (χ3v) is 3.59. The monoisotopic (exact) mass is 277 g/mol. The normalized spacial score (nSPS) is 17.8. The number of benzene rings is 1. The summed E-state index contributed by atoms with van der Waals surface area (Å²) in [6.07, 6.45) is 7.59. The number of rotatable bonds is 2. The molecule has 1 aromatic carbocycles. The number of nitrogens with zero attached hydrogens (tertiary/aromatic N) is 3. The summed E-state index contributed by atoms with van der Waals surface area (Å²) < 4.78 is 0. The molecule has 1 atom stereocenters. The van der Waals surface area contributed by atoms with Crippen LogP contribution in [0.15, 0.2) is 36.5 Å². The first kappa shape index (κ1) is 13.3. The van der Waals surface area contributed by atoms with Gasteiger partial charge in [-0.15, -0.1) is 12.3 Å². The second kappa shape index (κ2) is 5.37. The van der Waals surface area contributed by atoms with Crippen molar-refractivity contribution in [2.75, 3.05) is 11.4 Å². The van der Waals surface area contributed by atoms with Gasteiger partial charge in [-0.05, 0) is 25.1 Å². The predicted octanol–water partition coefficient (Wildman–Crippen LogP) is 2.44. The van der Waals surface area contributed by atoms with Gasteiger partial charge in [0.15, 0.2) is 0 Å². The van der Waals surface area contributed by atoms with Crippen LogP contribution in [-0.4, -0.2) is 22.4 Å². The van der Waals surface area contributed by atoms with Crippen molar-refractivity contribution >= 4 is 11.6 Å². The molecule has 2 aromatic rings. The number of amides is 1. The molecule has 1 aromatic heterocycles. The molecule has 2 heterocycles. The first-order valence-corrected chi connectivity index (χ1v) is 6.84. The van der Waals surface area contributed by atoms with Crippen LogP contribution in [-0.2, 0) is 4.79 Å². The van der Waals surface area contributed by atoms with E-state index in [-0.39, 0.29) is 11.8 Å². The van der Waals surface area contributed by atoms with E-state index < -0.39 is 0 Å². The molecule has 0 spiro atoms. The van der Waals surface area contributed by atoms with Crippen molar-refractivity contribution in [2.45, 2.75) is 13.3 Å². The van der Waals surface area contributed by atoms with Crippen molar-refractivity contribution in [1.82, 2.24) is 9.97 Å². The topological polar surface area (TPSA) is 46.1 Å². The molecule has 4 heteroatoms. The van der Waals surface area contributed by atoms with E-state index in [1.807, 2.05) is 37.3 Å². The Morgan fingerprint density at radius 1 is 1.38 bits per heavy atom. The minimum atomic E-state index is 0.00227. The summed E-state index contributed by atoms with van der Waals surface area (Å²) in [5.74, 6) is 3.47. The first-order chi connectivity index (χ1) is 10.2. The van der Waals surface area contributed by atoms with Crippen LogP contribution in [0.1, 0.15) is 12.2 Å². The SMILES string of the molecule is C#CC1CC(=O)N(c2cccc(-c3ccnc(C)n3)c2)C1. The first-order valence-electron chi connectivity index (χ1n) is 6.84. The summed E-state index contributed by atoms with van der Waals surface area (Å²) in [6.45, 7) is 2.44. The maximum absolute atomic E-state index is 12.1. The van der Waals surface area contributed by atoms with Gasteiger partial charge in [-0.3, -0.25) is 4.79 Å². The highest BCUT2D eigenvalue weighted by atomic mass is 16.2. The molecule has 0 radical (unpaired) electrons. The maximum atomic E-state index is 12.1. The number of terminal acetylenes is 1. The number of carbonyl (C=O) groups is 1. The van der Waals surface area contributed by atoms with E-state index in [2.05, 4.69) is 15.9 Å². The number of aryl methyl sites for hydroxylation is 1. The van der Waals surface area contributed by atoms with E-state index in [4.69, 9.17) is 6.42 Å². The van der Waals surface area contributed by atoms with Gasteiger partial charge in [0, 0.05) is 36.3 Å². The Kier molecular flexibility index (Phi) is 3.41. The molecule has 0 aliphatic carbocycles. The lowest BCUT2D eigenvalue weighted by Crippen LogP contribution is -2.24. The van der Waals surface area contributed by atoms with Gasteiger partial charge < -0.3 is 4.90 Å². The smallest absolute Gasteiger partial charge is 0.228 e. The summed E-state index contributed by atoms with van der Waals surface area (Å²) in [4.78, 5) is 22.3. The standard InChI is InChI=1S/C17H15N3O/c1-3-13-9-17(21)20(11-13)15-6-4-5-14(10-15)16-7-8-18-12(2)19-16/h1,4-8,10,13H,9,11H2,2H3. The van der Waals surface area contributed by atoms with Crippen LogP contribution in [0.2, 0.25) is 0 Å². The number of hydrogen-bond donors (Lipinski definition) is 0. The highest BCUT2D eigenvalue weighted by Gasteiger charge is 2.29. The third kappa shape index (κ3) is 2.63. The molecule has 1 saturated heterocycles. The Morgan fingerprint density at radius 2 is 2.24 bits per heavy atom. The number of aromatic nitrogens is 2. The van der Waals surface area contributed by atoms with Crippen molar-refractivity contribution in [1.29, 1.82) is 0 Å².